The van der Waals surface area contributed by atoms with Gasteiger partial charge in [0.05, 0.1) is 7.11 Å². The summed E-state index contributed by atoms with van der Waals surface area (Å²) < 4.78 is 6.12. The molecule has 7 heteroatoms. The first kappa shape index (κ1) is 17.8. The maximum absolute atomic E-state index is 12.2. The predicted molar refractivity (Wildman–Crippen MR) is 85.0 cm³/mol. The molecule has 0 spiro atoms. The minimum Gasteiger partial charge on any atom is -0.467 e. The number of rotatable bonds is 6. The summed E-state index contributed by atoms with van der Waals surface area (Å²) in [7, 11) is 1.24. The van der Waals surface area contributed by atoms with Crippen LogP contribution in [0.2, 0.25) is 0 Å². The summed E-state index contributed by atoms with van der Waals surface area (Å²) in [6.07, 6.45) is 0.408. The van der Waals surface area contributed by atoms with E-state index in [2.05, 4.69) is 41.9 Å². The highest BCUT2D eigenvalue weighted by atomic mass is 79.9. The Hall–Kier alpha value is -1.21. The lowest BCUT2D eigenvalue weighted by Crippen LogP contribution is -2.41. The predicted octanol–water partition coefficient (Wildman–Crippen LogP) is 2.85. The zero-order chi connectivity index (χ0) is 16.0. The van der Waals surface area contributed by atoms with Crippen molar-refractivity contribution in [2.24, 2.45) is 0 Å². The summed E-state index contributed by atoms with van der Waals surface area (Å²) in [4.78, 5) is 34.9. The molecule has 0 bridgehead atoms. The van der Waals surface area contributed by atoms with E-state index in [1.165, 1.54) is 14.0 Å². The third kappa shape index (κ3) is 5.97. The molecule has 0 aromatic heterocycles. The second-order valence-corrected chi connectivity index (χ2v) is 6.28. The van der Waals surface area contributed by atoms with Crippen molar-refractivity contribution in [1.82, 2.24) is 5.32 Å². The van der Waals surface area contributed by atoms with E-state index in [0.29, 0.717) is 5.56 Å². The van der Waals surface area contributed by atoms with Gasteiger partial charge in [-0.05, 0) is 31.5 Å². The molecule has 5 nitrogen and oxygen atoms in total. The first-order valence-corrected chi connectivity index (χ1v) is 7.76. The molecular weight excluding hydrogens is 406 g/mol. The summed E-state index contributed by atoms with van der Waals surface area (Å²) in [5.74, 6) is -1.03. The molecule has 1 N–H and O–H groups in total. The van der Waals surface area contributed by atoms with Crippen LogP contribution in [-0.4, -0.2) is 30.8 Å². The molecule has 0 aliphatic heterocycles. The van der Waals surface area contributed by atoms with Crippen molar-refractivity contribution >= 4 is 49.5 Å². The molecule has 114 valence electrons. The van der Waals surface area contributed by atoms with Gasteiger partial charge in [-0.1, -0.05) is 31.9 Å². The van der Waals surface area contributed by atoms with Crippen LogP contribution in [-0.2, 0) is 14.3 Å². The number of benzene rings is 1. The fourth-order valence-electron chi connectivity index (χ4n) is 1.67. The molecule has 1 amide bonds. The first-order chi connectivity index (χ1) is 9.83. The largest absolute Gasteiger partial charge is 0.467 e. The van der Waals surface area contributed by atoms with Gasteiger partial charge < -0.3 is 14.8 Å². The maximum atomic E-state index is 12.2. The van der Waals surface area contributed by atoms with E-state index in [1.807, 2.05) is 0 Å². The Morgan fingerprint density at radius 3 is 2.24 bits per heavy atom. The lowest BCUT2D eigenvalue weighted by molar-refractivity contribution is -0.143. The maximum Gasteiger partial charge on any atom is 0.328 e. The van der Waals surface area contributed by atoms with Crippen LogP contribution in [0.1, 0.15) is 30.1 Å². The van der Waals surface area contributed by atoms with E-state index in [-0.39, 0.29) is 18.6 Å². The molecular formula is C14H15Br2NO4. The van der Waals surface area contributed by atoms with Crippen molar-refractivity contribution in [1.29, 1.82) is 0 Å². The highest BCUT2D eigenvalue weighted by molar-refractivity contribution is 9.11. The lowest BCUT2D eigenvalue weighted by atomic mass is 10.1. The highest BCUT2D eigenvalue weighted by Crippen LogP contribution is 2.20. The number of methoxy groups -OCH3 is 1. The van der Waals surface area contributed by atoms with E-state index >= 15 is 0 Å². The number of esters is 1. The Bertz CT molecular complexity index is 540. The fourth-order valence-corrected chi connectivity index (χ4v) is 2.96. The molecule has 0 unspecified atom stereocenters. The average Bonchev–Trinajstić information content (AvgIpc) is 2.40. The zero-order valence-corrected chi connectivity index (χ0v) is 14.8. The van der Waals surface area contributed by atoms with Crippen LogP contribution >= 0.6 is 31.9 Å². The van der Waals surface area contributed by atoms with Gasteiger partial charge in [0.1, 0.15) is 11.8 Å². The van der Waals surface area contributed by atoms with Crippen LogP contribution in [0.3, 0.4) is 0 Å². The lowest BCUT2D eigenvalue weighted by Gasteiger charge is -2.16. The van der Waals surface area contributed by atoms with Gasteiger partial charge in [-0.2, -0.15) is 0 Å². The Morgan fingerprint density at radius 1 is 1.19 bits per heavy atom. The summed E-state index contributed by atoms with van der Waals surface area (Å²) in [6, 6.07) is 4.23. The molecule has 1 atom stereocenters. The van der Waals surface area contributed by atoms with Crippen LogP contribution in [0.4, 0.5) is 0 Å². The van der Waals surface area contributed by atoms with Gasteiger partial charge in [-0.25, -0.2) is 4.79 Å². The molecule has 1 aromatic carbocycles. The molecule has 1 aromatic rings. The number of nitrogens with one attached hydrogen (secondary N) is 1. The monoisotopic (exact) mass is 419 g/mol. The number of amides is 1. The van der Waals surface area contributed by atoms with Gasteiger partial charge in [0.2, 0.25) is 0 Å². The number of Topliss-reactive ketones (excluding diaryl/α,β-unsaturated/α-hetero) is 1. The van der Waals surface area contributed by atoms with Crippen LogP contribution in [0, 0.1) is 0 Å². The molecule has 0 aliphatic rings. The summed E-state index contributed by atoms with van der Waals surface area (Å²) in [5, 5.41) is 2.59. The number of hydrogen-bond acceptors (Lipinski definition) is 4. The normalized spacial score (nSPS) is 11.6. The van der Waals surface area contributed by atoms with Crippen molar-refractivity contribution in [2.45, 2.75) is 25.8 Å². The smallest absolute Gasteiger partial charge is 0.328 e. The van der Waals surface area contributed by atoms with Crippen molar-refractivity contribution in [3.05, 3.63) is 32.7 Å². The first-order valence-electron chi connectivity index (χ1n) is 6.17. The van der Waals surface area contributed by atoms with Gasteiger partial charge in [0, 0.05) is 20.9 Å². The van der Waals surface area contributed by atoms with Gasteiger partial charge in [0.15, 0.2) is 0 Å². The molecule has 0 aliphatic carbocycles. The molecule has 0 fully saturated rings. The average molecular weight is 421 g/mol. The topological polar surface area (TPSA) is 72.5 Å². The van der Waals surface area contributed by atoms with E-state index in [0.717, 1.165) is 8.95 Å². The number of carbonyl (C=O) groups excluding carboxylic acids is 3. The van der Waals surface area contributed by atoms with Crippen LogP contribution in [0.5, 0.6) is 0 Å². The second-order valence-electron chi connectivity index (χ2n) is 4.45. The number of ketones is 1. The highest BCUT2D eigenvalue weighted by Gasteiger charge is 2.22. The summed E-state index contributed by atoms with van der Waals surface area (Å²) >= 11 is 6.59. The second kappa shape index (κ2) is 8.29. The molecule has 21 heavy (non-hydrogen) atoms. The number of ether oxygens (including phenoxy) is 1. The van der Waals surface area contributed by atoms with E-state index in [4.69, 9.17) is 0 Å². The zero-order valence-electron chi connectivity index (χ0n) is 11.6. The quantitative estimate of drug-likeness (QED) is 0.718. The molecule has 0 saturated heterocycles. The Kier molecular flexibility index (Phi) is 7.04. The van der Waals surface area contributed by atoms with Crippen LogP contribution in [0.25, 0.3) is 0 Å². The van der Waals surface area contributed by atoms with Crippen LogP contribution < -0.4 is 5.32 Å². The molecule has 1 rings (SSSR count). The van der Waals surface area contributed by atoms with E-state index < -0.39 is 17.9 Å². The number of halogens is 2. The van der Waals surface area contributed by atoms with Gasteiger partial charge >= 0.3 is 5.97 Å². The summed E-state index contributed by atoms with van der Waals surface area (Å²) in [5.41, 5.74) is 0.396. The Morgan fingerprint density at radius 2 is 1.76 bits per heavy atom. The SMILES string of the molecule is COC(=O)[C@@H](CCC(C)=O)NC(=O)c1cc(Br)cc(Br)c1. The Labute approximate surface area is 139 Å². The van der Waals surface area contributed by atoms with Crippen LogP contribution in [0.15, 0.2) is 27.1 Å². The van der Waals surface area contributed by atoms with E-state index in [9.17, 15) is 14.4 Å². The number of hydrogen-bond donors (Lipinski definition) is 1. The molecule has 0 radical (unpaired) electrons. The third-order valence-electron chi connectivity index (χ3n) is 2.70. The molecule has 0 heterocycles. The van der Waals surface area contributed by atoms with Crippen molar-refractivity contribution in [2.75, 3.05) is 7.11 Å². The standard InChI is InChI=1S/C14H15Br2NO4/c1-8(18)3-4-12(14(20)21-2)17-13(19)9-5-10(15)7-11(16)6-9/h5-7,12H,3-4H2,1-2H3,(H,17,19)/t12-/m1/s1. The van der Waals surface area contributed by atoms with Gasteiger partial charge in [-0.15, -0.1) is 0 Å². The van der Waals surface area contributed by atoms with Crippen molar-refractivity contribution in [3.63, 3.8) is 0 Å². The minimum absolute atomic E-state index is 0.0525. The third-order valence-corrected chi connectivity index (χ3v) is 3.62. The molecule has 0 saturated carbocycles. The minimum atomic E-state index is -0.843. The van der Waals surface area contributed by atoms with Crippen molar-refractivity contribution in [3.8, 4) is 0 Å². The Balaban J connectivity index is 2.83. The summed E-state index contributed by atoms with van der Waals surface area (Å²) in [6.45, 7) is 1.43. The van der Waals surface area contributed by atoms with E-state index in [1.54, 1.807) is 18.2 Å². The van der Waals surface area contributed by atoms with Gasteiger partial charge in [0.25, 0.3) is 5.91 Å². The number of carbonyl (C=O) groups is 3. The fraction of sp³-hybridized carbons (Fsp3) is 0.357. The van der Waals surface area contributed by atoms with Gasteiger partial charge in [-0.3, -0.25) is 4.79 Å². The van der Waals surface area contributed by atoms with Crippen molar-refractivity contribution < 1.29 is 19.1 Å².